The summed E-state index contributed by atoms with van der Waals surface area (Å²) in [5, 5.41) is 11.4. The lowest BCUT2D eigenvalue weighted by atomic mass is 9.48. The van der Waals surface area contributed by atoms with Gasteiger partial charge in [-0.3, -0.25) is 0 Å². The highest BCUT2D eigenvalue weighted by Crippen LogP contribution is 2.61. The summed E-state index contributed by atoms with van der Waals surface area (Å²) in [6, 6.07) is 7.94. The normalized spacial score (nSPS) is 38.7. The summed E-state index contributed by atoms with van der Waals surface area (Å²) in [6.07, 6.45) is 10.2. The van der Waals surface area contributed by atoms with Crippen LogP contribution in [0.15, 0.2) is 24.3 Å². The van der Waals surface area contributed by atoms with Crippen molar-refractivity contribution in [2.75, 3.05) is 0 Å². The van der Waals surface area contributed by atoms with E-state index in [1.807, 2.05) is 24.3 Å². The van der Waals surface area contributed by atoms with E-state index in [1.165, 1.54) is 44.1 Å². The number of halogens is 1. The van der Waals surface area contributed by atoms with Crippen LogP contribution >= 0.6 is 11.6 Å². The molecule has 4 aliphatic rings. The summed E-state index contributed by atoms with van der Waals surface area (Å²) < 4.78 is 0. The number of hydrogen-bond donors (Lipinski definition) is 1. The van der Waals surface area contributed by atoms with Gasteiger partial charge in [0.2, 0.25) is 0 Å². The maximum Gasteiger partial charge on any atom is 0.0585 e. The maximum absolute atomic E-state index is 10.6. The number of hydrogen-bond acceptors (Lipinski definition) is 1. The number of rotatable bonds is 4. The second-order valence-corrected chi connectivity index (χ2v) is 8.54. The molecule has 1 aromatic carbocycles. The van der Waals surface area contributed by atoms with Crippen molar-refractivity contribution in [3.8, 4) is 0 Å². The Balaban J connectivity index is 1.42. The van der Waals surface area contributed by atoms with Crippen molar-refractivity contribution in [1.82, 2.24) is 0 Å². The number of benzene rings is 1. The Morgan fingerprint density at radius 2 is 1.52 bits per heavy atom. The van der Waals surface area contributed by atoms with Gasteiger partial charge in [-0.15, -0.1) is 0 Å². The Labute approximate surface area is 132 Å². The molecule has 4 saturated carbocycles. The molecule has 2 heteroatoms. The van der Waals surface area contributed by atoms with Crippen LogP contribution in [0.25, 0.3) is 0 Å². The lowest BCUT2D eigenvalue weighted by molar-refractivity contribution is -0.0756. The van der Waals surface area contributed by atoms with Crippen molar-refractivity contribution in [2.24, 2.45) is 23.2 Å². The van der Waals surface area contributed by atoms with Crippen LogP contribution in [0.1, 0.15) is 50.5 Å². The fraction of sp³-hybridized carbons (Fsp3) is 0.684. The van der Waals surface area contributed by atoms with Crippen LogP contribution in [0.4, 0.5) is 0 Å². The highest BCUT2D eigenvalue weighted by molar-refractivity contribution is 6.30. The first-order valence-electron chi connectivity index (χ1n) is 8.53. The van der Waals surface area contributed by atoms with Gasteiger partial charge in [-0.05, 0) is 92.2 Å². The van der Waals surface area contributed by atoms with Crippen molar-refractivity contribution in [3.05, 3.63) is 34.9 Å². The quantitative estimate of drug-likeness (QED) is 0.843. The summed E-state index contributed by atoms with van der Waals surface area (Å²) in [4.78, 5) is 0. The van der Waals surface area contributed by atoms with E-state index in [2.05, 4.69) is 0 Å². The minimum absolute atomic E-state index is 0.192. The van der Waals surface area contributed by atoms with Crippen LogP contribution in [0, 0.1) is 23.2 Å². The molecule has 0 amide bonds. The number of aliphatic hydroxyl groups is 1. The fourth-order valence-electron chi connectivity index (χ4n) is 6.00. The van der Waals surface area contributed by atoms with Crippen molar-refractivity contribution >= 4 is 11.6 Å². The van der Waals surface area contributed by atoms with Gasteiger partial charge >= 0.3 is 0 Å². The van der Waals surface area contributed by atoms with Crippen LogP contribution in [-0.2, 0) is 6.42 Å². The first-order chi connectivity index (χ1) is 10.1. The third kappa shape index (κ3) is 2.87. The molecule has 21 heavy (non-hydrogen) atoms. The highest BCUT2D eigenvalue weighted by Gasteiger charge is 2.51. The Hall–Kier alpha value is -0.530. The zero-order valence-corrected chi connectivity index (χ0v) is 13.4. The molecule has 0 spiro atoms. The molecule has 1 unspecified atom stereocenters. The molecule has 114 valence electrons. The van der Waals surface area contributed by atoms with Gasteiger partial charge in [0.25, 0.3) is 0 Å². The second-order valence-electron chi connectivity index (χ2n) is 8.11. The van der Waals surface area contributed by atoms with E-state index >= 15 is 0 Å². The molecule has 0 aromatic heterocycles. The average molecular weight is 305 g/mol. The van der Waals surface area contributed by atoms with E-state index in [0.29, 0.717) is 5.41 Å². The highest BCUT2D eigenvalue weighted by atomic mass is 35.5. The molecule has 0 saturated heterocycles. The summed E-state index contributed by atoms with van der Waals surface area (Å²) in [5.74, 6) is 2.91. The zero-order chi connectivity index (χ0) is 14.4. The molecule has 0 radical (unpaired) electrons. The predicted molar refractivity (Wildman–Crippen MR) is 86.4 cm³/mol. The largest absolute Gasteiger partial charge is 0.393 e. The molecule has 4 aliphatic carbocycles. The standard InChI is InChI=1S/C19H25ClO/c20-17-3-1-13(2-4-17)8-18(21)12-19-9-14-5-15(10-19)7-16(6-14)11-19/h1-4,14-16,18,21H,5-12H2. The second kappa shape index (κ2) is 5.28. The van der Waals surface area contributed by atoms with Crippen LogP contribution < -0.4 is 0 Å². The summed E-state index contributed by atoms with van der Waals surface area (Å²) in [6.45, 7) is 0. The SMILES string of the molecule is OC(Cc1ccc(Cl)cc1)CC12CC3CC(CC(C3)C1)C2. The minimum atomic E-state index is -0.192. The van der Waals surface area contributed by atoms with Crippen molar-refractivity contribution < 1.29 is 5.11 Å². The molecular formula is C19H25ClO. The molecule has 0 aliphatic heterocycles. The monoisotopic (exact) mass is 304 g/mol. The molecule has 5 rings (SSSR count). The van der Waals surface area contributed by atoms with E-state index < -0.39 is 0 Å². The fourth-order valence-corrected chi connectivity index (χ4v) is 6.13. The van der Waals surface area contributed by atoms with Gasteiger partial charge < -0.3 is 5.11 Å². The molecule has 1 atom stereocenters. The van der Waals surface area contributed by atoms with Crippen LogP contribution in [0.5, 0.6) is 0 Å². The van der Waals surface area contributed by atoms with Gasteiger partial charge in [0.05, 0.1) is 6.10 Å². The Morgan fingerprint density at radius 1 is 1.00 bits per heavy atom. The lowest BCUT2D eigenvalue weighted by Gasteiger charge is -2.57. The Kier molecular flexibility index (Phi) is 3.54. The van der Waals surface area contributed by atoms with E-state index in [0.717, 1.165) is 35.6 Å². The van der Waals surface area contributed by atoms with Gasteiger partial charge in [0, 0.05) is 5.02 Å². The first-order valence-corrected chi connectivity index (χ1v) is 8.91. The van der Waals surface area contributed by atoms with Crippen molar-refractivity contribution in [3.63, 3.8) is 0 Å². The lowest BCUT2D eigenvalue weighted by Crippen LogP contribution is -2.47. The van der Waals surface area contributed by atoms with Gasteiger partial charge in [-0.25, -0.2) is 0 Å². The van der Waals surface area contributed by atoms with Gasteiger partial charge in [0.1, 0.15) is 0 Å². The Bertz CT molecular complexity index is 472. The van der Waals surface area contributed by atoms with Crippen LogP contribution in [0.3, 0.4) is 0 Å². The van der Waals surface area contributed by atoms with E-state index in [9.17, 15) is 5.11 Å². The maximum atomic E-state index is 10.6. The topological polar surface area (TPSA) is 20.2 Å². The zero-order valence-electron chi connectivity index (χ0n) is 12.6. The van der Waals surface area contributed by atoms with Crippen LogP contribution in [-0.4, -0.2) is 11.2 Å². The average Bonchev–Trinajstić information content (AvgIpc) is 2.39. The van der Waals surface area contributed by atoms with E-state index in [4.69, 9.17) is 11.6 Å². The van der Waals surface area contributed by atoms with Crippen molar-refractivity contribution in [2.45, 2.75) is 57.5 Å². The van der Waals surface area contributed by atoms with E-state index in [1.54, 1.807) is 0 Å². The molecular weight excluding hydrogens is 280 g/mol. The molecule has 0 heterocycles. The molecule has 1 nitrogen and oxygen atoms in total. The molecule has 1 aromatic rings. The molecule has 1 N–H and O–H groups in total. The van der Waals surface area contributed by atoms with Crippen molar-refractivity contribution in [1.29, 1.82) is 0 Å². The third-order valence-electron chi connectivity index (χ3n) is 6.22. The van der Waals surface area contributed by atoms with Crippen LogP contribution in [0.2, 0.25) is 5.02 Å². The van der Waals surface area contributed by atoms with Gasteiger partial charge in [-0.2, -0.15) is 0 Å². The molecule has 4 fully saturated rings. The minimum Gasteiger partial charge on any atom is -0.393 e. The molecule has 4 bridgehead atoms. The first kappa shape index (κ1) is 14.1. The predicted octanol–water partition coefficient (Wildman–Crippen LogP) is 4.85. The number of aliphatic hydroxyl groups excluding tert-OH is 1. The summed E-state index contributed by atoms with van der Waals surface area (Å²) in [7, 11) is 0. The summed E-state index contributed by atoms with van der Waals surface area (Å²) >= 11 is 5.93. The summed E-state index contributed by atoms with van der Waals surface area (Å²) in [5.41, 5.74) is 1.68. The van der Waals surface area contributed by atoms with Gasteiger partial charge in [-0.1, -0.05) is 23.7 Å². The van der Waals surface area contributed by atoms with Gasteiger partial charge in [0.15, 0.2) is 0 Å². The Morgan fingerprint density at radius 3 is 2.05 bits per heavy atom. The van der Waals surface area contributed by atoms with E-state index in [-0.39, 0.29) is 6.10 Å². The smallest absolute Gasteiger partial charge is 0.0585 e. The third-order valence-corrected chi connectivity index (χ3v) is 6.47.